The van der Waals surface area contributed by atoms with Crippen LogP contribution in [-0.4, -0.2) is 7.11 Å². The van der Waals surface area contributed by atoms with E-state index in [2.05, 4.69) is 24.4 Å². The van der Waals surface area contributed by atoms with E-state index in [0.29, 0.717) is 6.54 Å². The Hall–Kier alpha value is -1.84. The molecule has 0 radical (unpaired) electrons. The Morgan fingerprint density at radius 1 is 1.05 bits per heavy atom. The van der Waals surface area contributed by atoms with Gasteiger partial charge in [-0.05, 0) is 18.1 Å². The van der Waals surface area contributed by atoms with Crippen molar-refractivity contribution in [2.75, 3.05) is 7.11 Å². The first-order chi connectivity index (χ1) is 9.69. The molecule has 0 aliphatic carbocycles. The highest BCUT2D eigenvalue weighted by Crippen LogP contribution is 2.22. The molecule has 0 saturated carbocycles. The van der Waals surface area contributed by atoms with E-state index >= 15 is 0 Å². The van der Waals surface area contributed by atoms with Crippen LogP contribution in [0.15, 0.2) is 54.6 Å². The molecule has 106 valence electrons. The second-order valence-corrected chi connectivity index (χ2v) is 4.86. The van der Waals surface area contributed by atoms with Crippen molar-refractivity contribution in [3.8, 4) is 5.75 Å². The number of nitrogens with two attached hydrogens (primary N) is 1. The minimum absolute atomic E-state index is 0.526. The molecule has 0 bridgehead atoms. The molecule has 0 amide bonds. The zero-order valence-electron chi connectivity index (χ0n) is 12.1. The van der Waals surface area contributed by atoms with Crippen LogP contribution in [0.2, 0.25) is 0 Å². The molecule has 2 aromatic carbocycles. The Kier molecular flexibility index (Phi) is 4.77. The van der Waals surface area contributed by atoms with Gasteiger partial charge in [0.15, 0.2) is 0 Å². The monoisotopic (exact) mass is 270 g/mol. The molecular formula is C17H22N2O. The molecule has 1 atom stereocenters. The lowest BCUT2D eigenvalue weighted by Gasteiger charge is -2.30. The summed E-state index contributed by atoms with van der Waals surface area (Å²) in [7, 11) is 1.69. The lowest BCUT2D eigenvalue weighted by Crippen LogP contribution is -2.49. The van der Waals surface area contributed by atoms with Gasteiger partial charge in [-0.15, -0.1) is 0 Å². The SMILES string of the molecule is CC[C@](N)(NCc1ccccc1OC)c1ccccc1. The van der Waals surface area contributed by atoms with Crippen molar-refractivity contribution in [3.05, 3.63) is 65.7 Å². The third-order valence-electron chi connectivity index (χ3n) is 3.63. The van der Waals surface area contributed by atoms with Gasteiger partial charge >= 0.3 is 0 Å². The van der Waals surface area contributed by atoms with E-state index in [4.69, 9.17) is 10.5 Å². The van der Waals surface area contributed by atoms with Crippen LogP contribution in [0.25, 0.3) is 0 Å². The molecule has 3 N–H and O–H groups in total. The highest BCUT2D eigenvalue weighted by atomic mass is 16.5. The molecule has 0 heterocycles. The van der Waals surface area contributed by atoms with Crippen LogP contribution >= 0.6 is 0 Å². The van der Waals surface area contributed by atoms with Gasteiger partial charge in [0.05, 0.1) is 12.8 Å². The van der Waals surface area contributed by atoms with Gasteiger partial charge in [-0.1, -0.05) is 55.5 Å². The molecule has 0 aliphatic rings. The van der Waals surface area contributed by atoms with Gasteiger partial charge in [0, 0.05) is 12.1 Å². The highest BCUT2D eigenvalue weighted by molar-refractivity contribution is 5.33. The normalized spacial score (nSPS) is 13.8. The van der Waals surface area contributed by atoms with Crippen LogP contribution in [0.5, 0.6) is 5.75 Å². The summed E-state index contributed by atoms with van der Waals surface area (Å²) in [5.74, 6) is 0.881. The van der Waals surface area contributed by atoms with Gasteiger partial charge in [-0.3, -0.25) is 5.32 Å². The van der Waals surface area contributed by atoms with Crippen LogP contribution in [0, 0.1) is 0 Å². The number of para-hydroxylation sites is 1. The molecule has 2 aromatic rings. The number of rotatable bonds is 6. The fourth-order valence-corrected chi connectivity index (χ4v) is 2.27. The Morgan fingerprint density at radius 2 is 1.70 bits per heavy atom. The fourth-order valence-electron chi connectivity index (χ4n) is 2.27. The zero-order chi connectivity index (χ0) is 14.4. The average molecular weight is 270 g/mol. The molecule has 0 aliphatic heterocycles. The number of hydrogen-bond acceptors (Lipinski definition) is 3. The van der Waals surface area contributed by atoms with E-state index in [1.54, 1.807) is 7.11 Å². The van der Waals surface area contributed by atoms with Crippen LogP contribution in [0.1, 0.15) is 24.5 Å². The molecule has 3 heteroatoms. The summed E-state index contributed by atoms with van der Waals surface area (Å²) in [4.78, 5) is 0. The summed E-state index contributed by atoms with van der Waals surface area (Å²) in [5, 5.41) is 3.45. The lowest BCUT2D eigenvalue weighted by atomic mass is 9.97. The Bertz CT molecular complexity index is 542. The van der Waals surface area contributed by atoms with E-state index in [-0.39, 0.29) is 0 Å². The van der Waals surface area contributed by atoms with E-state index in [9.17, 15) is 0 Å². The number of nitrogens with one attached hydrogen (secondary N) is 1. The average Bonchev–Trinajstić information content (AvgIpc) is 2.53. The molecule has 2 rings (SSSR count). The summed E-state index contributed by atoms with van der Waals surface area (Å²) < 4.78 is 5.37. The van der Waals surface area contributed by atoms with Gasteiger partial charge in [0.1, 0.15) is 5.75 Å². The number of methoxy groups -OCH3 is 1. The number of benzene rings is 2. The largest absolute Gasteiger partial charge is 0.496 e. The second-order valence-electron chi connectivity index (χ2n) is 4.86. The number of hydrogen-bond donors (Lipinski definition) is 2. The van der Waals surface area contributed by atoms with Crippen LogP contribution in [-0.2, 0) is 12.2 Å². The maximum absolute atomic E-state index is 6.51. The Balaban J connectivity index is 2.15. The van der Waals surface area contributed by atoms with Gasteiger partial charge < -0.3 is 10.5 Å². The third-order valence-corrected chi connectivity index (χ3v) is 3.63. The first-order valence-electron chi connectivity index (χ1n) is 6.91. The van der Waals surface area contributed by atoms with Gasteiger partial charge in [-0.2, -0.15) is 0 Å². The van der Waals surface area contributed by atoms with Gasteiger partial charge in [0.2, 0.25) is 0 Å². The minimum atomic E-state index is -0.526. The first kappa shape index (κ1) is 14.6. The molecule has 0 fully saturated rings. The summed E-state index contributed by atoms with van der Waals surface area (Å²) >= 11 is 0. The summed E-state index contributed by atoms with van der Waals surface area (Å²) in [6.45, 7) is 2.76. The van der Waals surface area contributed by atoms with Gasteiger partial charge in [0.25, 0.3) is 0 Å². The standard InChI is InChI=1S/C17H22N2O/c1-3-17(18,15-10-5-4-6-11-15)19-13-14-9-7-8-12-16(14)20-2/h4-12,19H,3,13,18H2,1-2H3/t17-/m0/s1. The molecule has 3 nitrogen and oxygen atoms in total. The van der Waals surface area contributed by atoms with E-state index < -0.39 is 5.66 Å². The Morgan fingerprint density at radius 3 is 2.35 bits per heavy atom. The molecule has 20 heavy (non-hydrogen) atoms. The molecule has 0 spiro atoms. The molecule has 0 aromatic heterocycles. The molecular weight excluding hydrogens is 248 g/mol. The van der Waals surface area contributed by atoms with Crippen molar-refractivity contribution in [2.45, 2.75) is 25.6 Å². The predicted octanol–water partition coefficient (Wildman–Crippen LogP) is 3.01. The molecule has 0 unspecified atom stereocenters. The van der Waals surface area contributed by atoms with E-state index in [0.717, 1.165) is 23.3 Å². The maximum atomic E-state index is 6.51. The lowest BCUT2D eigenvalue weighted by molar-refractivity contribution is 0.325. The topological polar surface area (TPSA) is 47.3 Å². The summed E-state index contributed by atoms with van der Waals surface area (Å²) in [5.41, 5.74) is 8.18. The highest BCUT2D eigenvalue weighted by Gasteiger charge is 2.24. The van der Waals surface area contributed by atoms with Gasteiger partial charge in [-0.25, -0.2) is 0 Å². The minimum Gasteiger partial charge on any atom is -0.496 e. The van der Waals surface area contributed by atoms with Crippen LogP contribution in [0.3, 0.4) is 0 Å². The van der Waals surface area contributed by atoms with Crippen molar-refractivity contribution >= 4 is 0 Å². The van der Waals surface area contributed by atoms with Crippen molar-refractivity contribution < 1.29 is 4.74 Å². The molecule has 0 saturated heterocycles. The zero-order valence-corrected chi connectivity index (χ0v) is 12.1. The maximum Gasteiger partial charge on any atom is 0.123 e. The first-order valence-corrected chi connectivity index (χ1v) is 6.91. The Labute approximate surface area is 120 Å². The van der Waals surface area contributed by atoms with Crippen molar-refractivity contribution in [1.29, 1.82) is 0 Å². The smallest absolute Gasteiger partial charge is 0.123 e. The van der Waals surface area contributed by atoms with Crippen molar-refractivity contribution in [2.24, 2.45) is 5.73 Å². The quantitative estimate of drug-likeness (QED) is 0.793. The summed E-state index contributed by atoms with van der Waals surface area (Å²) in [6.07, 6.45) is 0.812. The fraction of sp³-hybridized carbons (Fsp3) is 0.294. The number of ether oxygens (including phenoxy) is 1. The second kappa shape index (κ2) is 6.55. The van der Waals surface area contributed by atoms with Crippen molar-refractivity contribution in [1.82, 2.24) is 5.32 Å². The van der Waals surface area contributed by atoms with Crippen LogP contribution < -0.4 is 15.8 Å². The van der Waals surface area contributed by atoms with Crippen LogP contribution in [0.4, 0.5) is 0 Å². The summed E-state index contributed by atoms with van der Waals surface area (Å²) in [6, 6.07) is 18.1. The van der Waals surface area contributed by atoms with E-state index in [1.165, 1.54) is 0 Å². The predicted molar refractivity (Wildman–Crippen MR) is 82.4 cm³/mol. The third kappa shape index (κ3) is 3.18. The van der Waals surface area contributed by atoms with E-state index in [1.807, 2.05) is 42.5 Å². The van der Waals surface area contributed by atoms with Crippen molar-refractivity contribution in [3.63, 3.8) is 0 Å².